The van der Waals surface area contributed by atoms with Gasteiger partial charge in [-0.15, -0.1) is 0 Å². The molecule has 0 spiro atoms. The second-order valence-corrected chi connectivity index (χ2v) is 3.71. The Morgan fingerprint density at radius 2 is 2.06 bits per heavy atom. The van der Waals surface area contributed by atoms with E-state index in [1.54, 1.807) is 30.1 Å². The number of phenols is 1. The van der Waals surface area contributed by atoms with E-state index in [1.807, 2.05) is 12.1 Å². The van der Waals surface area contributed by atoms with Crippen LogP contribution in [0, 0.1) is 0 Å². The van der Waals surface area contributed by atoms with Crippen LogP contribution in [0.1, 0.15) is 11.1 Å². The van der Waals surface area contributed by atoms with Gasteiger partial charge in [0.05, 0.1) is 19.9 Å². The lowest BCUT2D eigenvalue weighted by atomic mass is 10.2. The fourth-order valence-corrected chi connectivity index (χ4v) is 1.68. The minimum Gasteiger partial charge on any atom is -0.508 e. The molecule has 0 aliphatic rings. The second-order valence-electron chi connectivity index (χ2n) is 3.71. The lowest BCUT2D eigenvalue weighted by Crippen LogP contribution is -2.05. The number of phenolic OH excluding ortho intramolecular Hbond substituents is 1. The highest BCUT2D eigenvalue weighted by Crippen LogP contribution is 2.19. The first-order chi connectivity index (χ1) is 8.24. The summed E-state index contributed by atoms with van der Waals surface area (Å²) >= 11 is 0. The van der Waals surface area contributed by atoms with Crippen LogP contribution in [0.2, 0.25) is 0 Å². The van der Waals surface area contributed by atoms with Crippen molar-refractivity contribution in [3.63, 3.8) is 0 Å². The van der Waals surface area contributed by atoms with Gasteiger partial charge < -0.3 is 15.6 Å². The van der Waals surface area contributed by atoms with E-state index in [-0.39, 0.29) is 5.75 Å². The van der Waals surface area contributed by atoms with E-state index in [1.165, 1.54) is 0 Å². The molecule has 0 radical (unpaired) electrons. The lowest BCUT2D eigenvalue weighted by Gasteiger charge is -2.07. The molecule has 1 aromatic carbocycles. The van der Waals surface area contributed by atoms with Crippen molar-refractivity contribution in [1.82, 2.24) is 9.78 Å². The largest absolute Gasteiger partial charge is 0.508 e. The summed E-state index contributed by atoms with van der Waals surface area (Å²) in [5.41, 5.74) is 7.50. The predicted molar refractivity (Wildman–Crippen MR) is 63.9 cm³/mol. The minimum atomic E-state index is 0.254. The van der Waals surface area contributed by atoms with Crippen LogP contribution in [0.3, 0.4) is 0 Å². The molecule has 0 amide bonds. The molecule has 0 saturated heterocycles. The molecule has 0 aliphatic heterocycles. The summed E-state index contributed by atoms with van der Waals surface area (Å²) in [4.78, 5) is 0. The van der Waals surface area contributed by atoms with Crippen molar-refractivity contribution in [1.29, 1.82) is 0 Å². The molecule has 1 heterocycles. The summed E-state index contributed by atoms with van der Waals surface area (Å²) in [6, 6.07) is 6.99. The Kier molecular flexibility index (Phi) is 3.30. The van der Waals surface area contributed by atoms with E-state index in [4.69, 9.17) is 10.5 Å². The van der Waals surface area contributed by atoms with Gasteiger partial charge in [0.1, 0.15) is 5.75 Å². The molecule has 0 fully saturated rings. The van der Waals surface area contributed by atoms with Crippen LogP contribution in [0.5, 0.6) is 11.6 Å². The summed E-state index contributed by atoms with van der Waals surface area (Å²) in [6.45, 7) is 0.988. The van der Waals surface area contributed by atoms with Gasteiger partial charge in [0.2, 0.25) is 5.88 Å². The Hall–Kier alpha value is -2.01. The fourth-order valence-electron chi connectivity index (χ4n) is 1.68. The van der Waals surface area contributed by atoms with Crippen LogP contribution < -0.4 is 10.5 Å². The van der Waals surface area contributed by atoms with E-state index in [0.29, 0.717) is 19.0 Å². The van der Waals surface area contributed by atoms with Gasteiger partial charge in [-0.3, -0.25) is 0 Å². The first-order valence-corrected chi connectivity index (χ1v) is 5.31. The number of hydrogen-bond donors (Lipinski definition) is 2. The highest BCUT2D eigenvalue weighted by atomic mass is 16.5. The molecule has 5 nitrogen and oxygen atoms in total. The Labute approximate surface area is 99.4 Å². The normalized spacial score (nSPS) is 10.5. The standard InChI is InChI=1S/C12H15N3O2/c1-17-12-10(6-13)7-14-15(12)8-9-2-4-11(16)5-3-9/h2-5,7,16H,6,8,13H2,1H3. The van der Waals surface area contributed by atoms with E-state index in [2.05, 4.69) is 5.10 Å². The van der Waals surface area contributed by atoms with E-state index >= 15 is 0 Å². The zero-order chi connectivity index (χ0) is 12.3. The second kappa shape index (κ2) is 4.88. The summed E-state index contributed by atoms with van der Waals surface area (Å²) in [7, 11) is 1.60. The Morgan fingerprint density at radius 3 is 2.65 bits per heavy atom. The zero-order valence-corrected chi connectivity index (χ0v) is 9.63. The molecule has 0 atom stereocenters. The number of benzene rings is 1. The Balaban J connectivity index is 2.23. The number of nitrogens with zero attached hydrogens (tertiary/aromatic N) is 2. The first-order valence-electron chi connectivity index (χ1n) is 5.31. The zero-order valence-electron chi connectivity index (χ0n) is 9.63. The molecule has 17 heavy (non-hydrogen) atoms. The van der Waals surface area contributed by atoms with Crippen molar-refractivity contribution in [3.8, 4) is 11.6 Å². The molecular weight excluding hydrogens is 218 g/mol. The van der Waals surface area contributed by atoms with Gasteiger partial charge in [0.15, 0.2) is 0 Å². The van der Waals surface area contributed by atoms with Gasteiger partial charge in [-0.1, -0.05) is 12.1 Å². The maximum atomic E-state index is 9.20. The van der Waals surface area contributed by atoms with E-state index < -0.39 is 0 Å². The van der Waals surface area contributed by atoms with Crippen molar-refractivity contribution in [3.05, 3.63) is 41.6 Å². The first kappa shape index (κ1) is 11.5. The monoisotopic (exact) mass is 233 g/mol. The van der Waals surface area contributed by atoms with Gasteiger partial charge in [0.25, 0.3) is 0 Å². The molecule has 2 aromatic rings. The molecule has 2 rings (SSSR count). The molecule has 0 unspecified atom stereocenters. The van der Waals surface area contributed by atoms with Gasteiger partial charge in [-0.05, 0) is 17.7 Å². The maximum Gasteiger partial charge on any atom is 0.216 e. The molecule has 0 saturated carbocycles. The quantitative estimate of drug-likeness (QED) is 0.829. The molecule has 1 aromatic heterocycles. The molecule has 90 valence electrons. The van der Waals surface area contributed by atoms with Crippen LogP contribution in [-0.2, 0) is 13.1 Å². The SMILES string of the molecule is COc1c(CN)cnn1Cc1ccc(O)cc1. The minimum absolute atomic E-state index is 0.254. The number of aromatic nitrogens is 2. The summed E-state index contributed by atoms with van der Waals surface area (Å²) in [5, 5.41) is 13.4. The summed E-state index contributed by atoms with van der Waals surface area (Å²) in [5.74, 6) is 0.935. The van der Waals surface area contributed by atoms with Crippen molar-refractivity contribution in [2.45, 2.75) is 13.1 Å². The molecule has 5 heteroatoms. The third-order valence-corrected chi connectivity index (χ3v) is 2.54. The number of methoxy groups -OCH3 is 1. The van der Waals surface area contributed by atoms with Crippen LogP contribution in [0.15, 0.2) is 30.5 Å². The number of hydrogen-bond acceptors (Lipinski definition) is 4. The highest BCUT2D eigenvalue weighted by molar-refractivity contribution is 5.28. The Bertz CT molecular complexity index is 491. The molecule has 0 bridgehead atoms. The van der Waals surface area contributed by atoms with E-state index in [0.717, 1.165) is 11.1 Å². The van der Waals surface area contributed by atoms with Crippen LogP contribution in [0.25, 0.3) is 0 Å². The lowest BCUT2D eigenvalue weighted by molar-refractivity contribution is 0.363. The van der Waals surface area contributed by atoms with Crippen LogP contribution in [-0.4, -0.2) is 22.0 Å². The van der Waals surface area contributed by atoms with Crippen molar-refractivity contribution >= 4 is 0 Å². The number of rotatable bonds is 4. The van der Waals surface area contributed by atoms with Gasteiger partial charge >= 0.3 is 0 Å². The van der Waals surface area contributed by atoms with Crippen LogP contribution in [0.4, 0.5) is 0 Å². The predicted octanol–water partition coefficient (Wildman–Crippen LogP) is 1.10. The Morgan fingerprint density at radius 1 is 1.35 bits per heavy atom. The van der Waals surface area contributed by atoms with Crippen LogP contribution >= 0.6 is 0 Å². The van der Waals surface area contributed by atoms with Crippen molar-refractivity contribution < 1.29 is 9.84 Å². The average molecular weight is 233 g/mol. The smallest absolute Gasteiger partial charge is 0.216 e. The topological polar surface area (TPSA) is 73.3 Å². The summed E-state index contributed by atoms with van der Waals surface area (Å²) in [6.07, 6.45) is 1.71. The highest BCUT2D eigenvalue weighted by Gasteiger charge is 2.09. The third-order valence-electron chi connectivity index (χ3n) is 2.54. The van der Waals surface area contributed by atoms with Crippen molar-refractivity contribution in [2.24, 2.45) is 5.73 Å². The third kappa shape index (κ3) is 2.39. The van der Waals surface area contributed by atoms with Gasteiger partial charge in [-0.2, -0.15) is 5.10 Å². The number of ether oxygens (including phenoxy) is 1. The summed E-state index contributed by atoms with van der Waals surface area (Å²) < 4.78 is 7.02. The number of nitrogens with two attached hydrogens (primary N) is 1. The maximum absolute atomic E-state index is 9.20. The average Bonchev–Trinajstić information content (AvgIpc) is 2.74. The molecule has 0 aliphatic carbocycles. The molecular formula is C12H15N3O2. The fraction of sp³-hybridized carbons (Fsp3) is 0.250. The van der Waals surface area contributed by atoms with Crippen molar-refractivity contribution in [2.75, 3.05) is 7.11 Å². The van der Waals surface area contributed by atoms with Gasteiger partial charge in [-0.25, -0.2) is 4.68 Å². The van der Waals surface area contributed by atoms with E-state index in [9.17, 15) is 5.11 Å². The number of aromatic hydroxyl groups is 1. The van der Waals surface area contributed by atoms with Gasteiger partial charge in [0, 0.05) is 12.1 Å². The molecule has 3 N–H and O–H groups in total.